The van der Waals surface area contributed by atoms with Crippen molar-refractivity contribution in [3.63, 3.8) is 0 Å². The zero-order valence-corrected chi connectivity index (χ0v) is 12.6. The number of aryl methyl sites for hydroxylation is 1. The SMILES string of the molecule is CCCc1ccc(OCc2ccc(Br)cc2N)cc1. The Kier molecular flexibility index (Phi) is 4.86. The summed E-state index contributed by atoms with van der Waals surface area (Å²) in [5, 5.41) is 0. The summed E-state index contributed by atoms with van der Waals surface area (Å²) < 4.78 is 6.73. The van der Waals surface area contributed by atoms with E-state index in [-0.39, 0.29) is 0 Å². The van der Waals surface area contributed by atoms with E-state index in [1.54, 1.807) is 0 Å². The molecule has 100 valence electrons. The smallest absolute Gasteiger partial charge is 0.119 e. The van der Waals surface area contributed by atoms with E-state index in [2.05, 4.69) is 35.0 Å². The highest BCUT2D eigenvalue weighted by molar-refractivity contribution is 9.10. The minimum Gasteiger partial charge on any atom is -0.489 e. The highest BCUT2D eigenvalue weighted by Gasteiger charge is 2.01. The largest absolute Gasteiger partial charge is 0.489 e. The molecule has 0 unspecified atom stereocenters. The maximum absolute atomic E-state index is 5.94. The van der Waals surface area contributed by atoms with Crippen LogP contribution >= 0.6 is 15.9 Å². The van der Waals surface area contributed by atoms with Crippen LogP contribution in [0.3, 0.4) is 0 Å². The molecule has 2 N–H and O–H groups in total. The van der Waals surface area contributed by atoms with Crippen LogP contribution in [0.1, 0.15) is 24.5 Å². The van der Waals surface area contributed by atoms with Gasteiger partial charge in [0.05, 0.1) is 0 Å². The Labute approximate surface area is 122 Å². The molecular formula is C16H18BrNO. The third kappa shape index (κ3) is 4.00. The molecule has 0 bridgehead atoms. The number of benzene rings is 2. The van der Waals surface area contributed by atoms with Gasteiger partial charge in [-0.1, -0.05) is 47.5 Å². The highest BCUT2D eigenvalue weighted by atomic mass is 79.9. The minimum absolute atomic E-state index is 0.492. The van der Waals surface area contributed by atoms with E-state index in [0.717, 1.165) is 34.3 Å². The first-order valence-corrected chi connectivity index (χ1v) is 7.24. The normalized spacial score (nSPS) is 10.4. The average molecular weight is 320 g/mol. The minimum atomic E-state index is 0.492. The third-order valence-corrected chi connectivity index (χ3v) is 3.46. The molecule has 2 rings (SSSR count). The summed E-state index contributed by atoms with van der Waals surface area (Å²) in [5.41, 5.74) is 9.03. The predicted octanol–water partition coefficient (Wildman–Crippen LogP) is 4.56. The van der Waals surface area contributed by atoms with Crippen molar-refractivity contribution in [2.75, 3.05) is 5.73 Å². The zero-order valence-electron chi connectivity index (χ0n) is 11.0. The first-order valence-electron chi connectivity index (χ1n) is 6.44. The summed E-state index contributed by atoms with van der Waals surface area (Å²) in [7, 11) is 0. The summed E-state index contributed by atoms with van der Waals surface area (Å²) in [4.78, 5) is 0. The Bertz CT molecular complexity index is 537. The van der Waals surface area contributed by atoms with E-state index < -0.39 is 0 Å². The number of hydrogen-bond donors (Lipinski definition) is 1. The number of nitrogens with two attached hydrogens (primary N) is 1. The van der Waals surface area contributed by atoms with Gasteiger partial charge < -0.3 is 10.5 Å². The van der Waals surface area contributed by atoms with E-state index in [4.69, 9.17) is 10.5 Å². The fourth-order valence-electron chi connectivity index (χ4n) is 1.90. The van der Waals surface area contributed by atoms with Crippen LogP contribution < -0.4 is 10.5 Å². The molecule has 0 spiro atoms. The molecule has 0 atom stereocenters. The lowest BCUT2D eigenvalue weighted by atomic mass is 10.1. The Morgan fingerprint density at radius 3 is 2.47 bits per heavy atom. The van der Waals surface area contributed by atoms with Gasteiger partial charge in [-0.15, -0.1) is 0 Å². The third-order valence-electron chi connectivity index (χ3n) is 2.96. The summed E-state index contributed by atoms with van der Waals surface area (Å²) in [6.45, 7) is 2.67. The van der Waals surface area contributed by atoms with Gasteiger partial charge in [0.15, 0.2) is 0 Å². The number of anilines is 1. The second-order valence-corrected chi connectivity index (χ2v) is 5.44. The number of ether oxygens (including phenoxy) is 1. The Hall–Kier alpha value is -1.48. The van der Waals surface area contributed by atoms with Gasteiger partial charge in [0, 0.05) is 15.7 Å². The maximum Gasteiger partial charge on any atom is 0.119 e. The molecule has 0 aliphatic carbocycles. The maximum atomic E-state index is 5.94. The number of halogens is 1. The van der Waals surface area contributed by atoms with Gasteiger partial charge in [-0.2, -0.15) is 0 Å². The van der Waals surface area contributed by atoms with Crippen molar-refractivity contribution in [3.05, 3.63) is 58.1 Å². The molecule has 0 fully saturated rings. The molecule has 2 aromatic carbocycles. The first kappa shape index (κ1) is 13.9. The van der Waals surface area contributed by atoms with Gasteiger partial charge >= 0.3 is 0 Å². The fourth-order valence-corrected chi connectivity index (χ4v) is 2.28. The first-order chi connectivity index (χ1) is 9.19. The van der Waals surface area contributed by atoms with Crippen LogP contribution in [0.5, 0.6) is 5.75 Å². The number of nitrogen functional groups attached to an aromatic ring is 1. The second kappa shape index (κ2) is 6.62. The van der Waals surface area contributed by atoms with Crippen molar-refractivity contribution < 1.29 is 4.74 Å². The molecular weight excluding hydrogens is 302 g/mol. The summed E-state index contributed by atoms with van der Waals surface area (Å²) in [6, 6.07) is 14.1. The number of hydrogen-bond acceptors (Lipinski definition) is 2. The van der Waals surface area contributed by atoms with Crippen molar-refractivity contribution in [2.45, 2.75) is 26.4 Å². The van der Waals surface area contributed by atoms with Gasteiger partial charge in [0.2, 0.25) is 0 Å². The van der Waals surface area contributed by atoms with E-state index >= 15 is 0 Å². The van der Waals surface area contributed by atoms with E-state index in [9.17, 15) is 0 Å². The zero-order chi connectivity index (χ0) is 13.7. The summed E-state index contributed by atoms with van der Waals surface area (Å²) >= 11 is 3.39. The van der Waals surface area contributed by atoms with Gasteiger partial charge in [0.25, 0.3) is 0 Å². The van der Waals surface area contributed by atoms with Gasteiger partial charge in [0.1, 0.15) is 12.4 Å². The van der Waals surface area contributed by atoms with Crippen LogP contribution in [0.4, 0.5) is 5.69 Å². The van der Waals surface area contributed by atoms with Crippen molar-refractivity contribution in [1.82, 2.24) is 0 Å². The molecule has 0 aromatic heterocycles. The van der Waals surface area contributed by atoms with Crippen LogP contribution in [0.2, 0.25) is 0 Å². The standard InChI is InChI=1S/C16H18BrNO/c1-2-3-12-4-8-15(9-5-12)19-11-13-6-7-14(17)10-16(13)18/h4-10H,2-3,11,18H2,1H3. The lowest BCUT2D eigenvalue weighted by Crippen LogP contribution is -2.00. The lowest BCUT2D eigenvalue weighted by Gasteiger charge is -2.09. The molecule has 0 aliphatic heterocycles. The van der Waals surface area contributed by atoms with E-state index in [0.29, 0.717) is 6.61 Å². The van der Waals surface area contributed by atoms with Gasteiger partial charge in [-0.25, -0.2) is 0 Å². The topological polar surface area (TPSA) is 35.2 Å². The quantitative estimate of drug-likeness (QED) is 0.820. The number of rotatable bonds is 5. The van der Waals surface area contributed by atoms with Crippen LogP contribution in [0.15, 0.2) is 46.9 Å². The molecule has 0 radical (unpaired) electrons. The van der Waals surface area contributed by atoms with Crippen molar-refractivity contribution in [1.29, 1.82) is 0 Å². The van der Waals surface area contributed by atoms with Crippen LogP contribution in [-0.2, 0) is 13.0 Å². The molecule has 0 heterocycles. The van der Waals surface area contributed by atoms with Gasteiger partial charge in [-0.05, 0) is 36.2 Å². The Morgan fingerprint density at radius 1 is 1.11 bits per heavy atom. The Morgan fingerprint density at radius 2 is 1.84 bits per heavy atom. The Balaban J connectivity index is 1.98. The molecule has 19 heavy (non-hydrogen) atoms. The summed E-state index contributed by atoms with van der Waals surface area (Å²) in [6.07, 6.45) is 2.27. The predicted molar refractivity (Wildman–Crippen MR) is 83.3 cm³/mol. The molecule has 2 nitrogen and oxygen atoms in total. The average Bonchev–Trinajstić information content (AvgIpc) is 2.40. The molecule has 2 aromatic rings. The van der Waals surface area contributed by atoms with Crippen LogP contribution in [-0.4, -0.2) is 0 Å². The monoisotopic (exact) mass is 319 g/mol. The molecule has 0 amide bonds. The molecule has 0 saturated heterocycles. The second-order valence-electron chi connectivity index (χ2n) is 4.53. The van der Waals surface area contributed by atoms with Crippen molar-refractivity contribution in [3.8, 4) is 5.75 Å². The molecule has 0 saturated carbocycles. The van der Waals surface area contributed by atoms with Crippen molar-refractivity contribution >= 4 is 21.6 Å². The molecule has 3 heteroatoms. The fraction of sp³-hybridized carbons (Fsp3) is 0.250. The lowest BCUT2D eigenvalue weighted by molar-refractivity contribution is 0.307. The van der Waals surface area contributed by atoms with E-state index in [1.807, 2.05) is 30.3 Å². The molecule has 0 aliphatic rings. The highest BCUT2D eigenvalue weighted by Crippen LogP contribution is 2.21. The summed E-state index contributed by atoms with van der Waals surface area (Å²) in [5.74, 6) is 0.877. The van der Waals surface area contributed by atoms with Crippen LogP contribution in [0.25, 0.3) is 0 Å². The van der Waals surface area contributed by atoms with Crippen molar-refractivity contribution in [2.24, 2.45) is 0 Å². The van der Waals surface area contributed by atoms with E-state index in [1.165, 1.54) is 5.56 Å². The van der Waals surface area contributed by atoms with Gasteiger partial charge in [-0.3, -0.25) is 0 Å². The van der Waals surface area contributed by atoms with Crippen LogP contribution in [0, 0.1) is 0 Å².